The Morgan fingerprint density at radius 1 is 1.56 bits per heavy atom. The van der Waals surface area contributed by atoms with Crippen LogP contribution in [0.5, 0.6) is 0 Å². The zero-order valence-corrected chi connectivity index (χ0v) is 9.60. The van der Waals surface area contributed by atoms with Crippen LogP contribution in [0.15, 0.2) is 17.1 Å². The van der Waals surface area contributed by atoms with E-state index in [2.05, 4.69) is 15.7 Å². The number of aliphatic hydroxyl groups excluding tert-OH is 1. The maximum absolute atomic E-state index is 11.5. The summed E-state index contributed by atoms with van der Waals surface area (Å²) in [6.45, 7) is 3.39. The van der Waals surface area contributed by atoms with Gasteiger partial charge in [0.1, 0.15) is 0 Å². The lowest BCUT2D eigenvalue weighted by atomic mass is 10.4. The molecular formula is C10H18N4O2. The zero-order chi connectivity index (χ0) is 12.0. The molecule has 1 heterocycles. The van der Waals surface area contributed by atoms with Gasteiger partial charge in [0.05, 0.1) is 24.5 Å². The molecule has 1 rings (SSSR count). The highest BCUT2D eigenvalue weighted by molar-refractivity contribution is 5.38. The van der Waals surface area contributed by atoms with Gasteiger partial charge in [-0.25, -0.2) is 4.68 Å². The number of aliphatic hydroxyl groups is 1. The highest BCUT2D eigenvalue weighted by Gasteiger charge is 2.02. The van der Waals surface area contributed by atoms with Crippen LogP contribution >= 0.6 is 0 Å². The maximum atomic E-state index is 11.5. The van der Waals surface area contributed by atoms with E-state index in [0.29, 0.717) is 5.69 Å². The summed E-state index contributed by atoms with van der Waals surface area (Å²) >= 11 is 0. The molecule has 0 aliphatic carbocycles. The van der Waals surface area contributed by atoms with Gasteiger partial charge in [-0.1, -0.05) is 0 Å². The molecule has 6 heteroatoms. The zero-order valence-electron chi connectivity index (χ0n) is 9.60. The number of aromatic nitrogens is 2. The first-order valence-electron chi connectivity index (χ1n) is 5.27. The molecule has 90 valence electrons. The van der Waals surface area contributed by atoms with E-state index < -0.39 is 6.10 Å². The lowest BCUT2D eigenvalue weighted by molar-refractivity contribution is 0.166. The second-order valence-electron chi connectivity index (χ2n) is 3.64. The highest BCUT2D eigenvalue weighted by Crippen LogP contribution is 1.98. The van der Waals surface area contributed by atoms with Crippen molar-refractivity contribution < 1.29 is 5.11 Å². The number of nitrogens with zero attached hydrogens (tertiary/aromatic N) is 2. The van der Waals surface area contributed by atoms with E-state index in [1.165, 1.54) is 10.7 Å². The quantitative estimate of drug-likeness (QED) is 0.557. The summed E-state index contributed by atoms with van der Waals surface area (Å²) < 4.78 is 1.24. The van der Waals surface area contributed by atoms with Crippen molar-refractivity contribution >= 4 is 5.69 Å². The third-order valence-corrected chi connectivity index (χ3v) is 2.01. The smallest absolute Gasteiger partial charge is 0.268 e. The Kier molecular flexibility index (Phi) is 4.94. The minimum atomic E-state index is -0.576. The van der Waals surface area contributed by atoms with Crippen molar-refractivity contribution in [3.8, 4) is 0 Å². The van der Waals surface area contributed by atoms with Crippen molar-refractivity contribution in [2.24, 2.45) is 0 Å². The van der Waals surface area contributed by atoms with Crippen LogP contribution in [-0.2, 0) is 6.54 Å². The average Bonchev–Trinajstić information content (AvgIpc) is 2.22. The number of hydrogen-bond acceptors (Lipinski definition) is 5. The van der Waals surface area contributed by atoms with E-state index >= 15 is 0 Å². The molecule has 1 aromatic heterocycles. The second kappa shape index (κ2) is 6.24. The predicted octanol–water partition coefficient (Wildman–Crippen LogP) is -0.745. The Bertz CT molecular complexity index is 375. The van der Waals surface area contributed by atoms with Gasteiger partial charge in [0.25, 0.3) is 5.56 Å². The minimum absolute atomic E-state index is 0.213. The molecule has 1 atom stereocenters. The first-order chi connectivity index (χ1) is 7.63. The fourth-order valence-corrected chi connectivity index (χ4v) is 1.25. The van der Waals surface area contributed by atoms with Crippen molar-refractivity contribution in [3.63, 3.8) is 0 Å². The third-order valence-electron chi connectivity index (χ3n) is 2.01. The van der Waals surface area contributed by atoms with Crippen LogP contribution in [0.2, 0.25) is 0 Å². The van der Waals surface area contributed by atoms with Crippen LogP contribution in [0.3, 0.4) is 0 Å². The summed E-state index contributed by atoms with van der Waals surface area (Å²) in [5, 5.41) is 19.2. The molecule has 0 aliphatic heterocycles. The van der Waals surface area contributed by atoms with Gasteiger partial charge in [-0.15, -0.1) is 0 Å². The number of likely N-dealkylation sites (N-methyl/N-ethyl adjacent to an activating group) is 1. The lowest BCUT2D eigenvalue weighted by Crippen LogP contribution is -2.27. The molecule has 0 aliphatic rings. The van der Waals surface area contributed by atoms with Crippen molar-refractivity contribution in [1.82, 2.24) is 15.1 Å². The first kappa shape index (κ1) is 12.7. The van der Waals surface area contributed by atoms with E-state index in [4.69, 9.17) is 5.11 Å². The molecule has 1 unspecified atom stereocenters. The Balaban J connectivity index is 2.64. The van der Waals surface area contributed by atoms with Gasteiger partial charge in [-0.2, -0.15) is 5.10 Å². The van der Waals surface area contributed by atoms with Crippen LogP contribution in [0.25, 0.3) is 0 Å². The Morgan fingerprint density at radius 2 is 2.31 bits per heavy atom. The molecule has 1 aromatic rings. The van der Waals surface area contributed by atoms with Gasteiger partial charge in [0.15, 0.2) is 0 Å². The highest BCUT2D eigenvalue weighted by atomic mass is 16.3. The van der Waals surface area contributed by atoms with E-state index in [9.17, 15) is 4.79 Å². The molecule has 0 saturated heterocycles. The van der Waals surface area contributed by atoms with Crippen LogP contribution in [0.4, 0.5) is 5.69 Å². The molecule has 0 amide bonds. The van der Waals surface area contributed by atoms with Crippen molar-refractivity contribution in [2.75, 3.05) is 25.5 Å². The fraction of sp³-hybridized carbons (Fsp3) is 0.600. The monoisotopic (exact) mass is 226 g/mol. The van der Waals surface area contributed by atoms with Crippen LogP contribution in [0, 0.1) is 0 Å². The van der Waals surface area contributed by atoms with Crippen molar-refractivity contribution in [1.29, 1.82) is 0 Å². The van der Waals surface area contributed by atoms with Gasteiger partial charge in [-0.3, -0.25) is 4.79 Å². The standard InChI is InChI=1S/C10H18N4O2/c1-8(15)7-14-10(16)5-9(6-13-14)12-4-3-11-2/h5-6,8,11-12,15H,3-4,7H2,1-2H3. The second-order valence-corrected chi connectivity index (χ2v) is 3.64. The van der Waals surface area contributed by atoms with Crippen LogP contribution in [-0.4, -0.2) is 41.1 Å². The maximum Gasteiger partial charge on any atom is 0.268 e. The summed E-state index contributed by atoms with van der Waals surface area (Å²) in [5.74, 6) is 0. The molecule has 0 fully saturated rings. The summed E-state index contributed by atoms with van der Waals surface area (Å²) in [7, 11) is 1.86. The van der Waals surface area contributed by atoms with Crippen LogP contribution < -0.4 is 16.2 Å². The van der Waals surface area contributed by atoms with E-state index in [-0.39, 0.29) is 12.1 Å². The third kappa shape index (κ3) is 4.00. The van der Waals surface area contributed by atoms with Gasteiger partial charge in [0.2, 0.25) is 0 Å². The molecule has 3 N–H and O–H groups in total. The summed E-state index contributed by atoms with van der Waals surface area (Å²) in [5.41, 5.74) is 0.484. The summed E-state index contributed by atoms with van der Waals surface area (Å²) in [6.07, 6.45) is 1.01. The largest absolute Gasteiger partial charge is 0.391 e. The summed E-state index contributed by atoms with van der Waals surface area (Å²) in [4.78, 5) is 11.5. The van der Waals surface area contributed by atoms with Gasteiger partial charge < -0.3 is 15.7 Å². The molecular weight excluding hydrogens is 208 g/mol. The Labute approximate surface area is 94.3 Å². The number of nitrogens with one attached hydrogen (secondary N) is 2. The molecule has 0 aromatic carbocycles. The van der Waals surface area contributed by atoms with E-state index in [1.807, 2.05) is 7.05 Å². The number of anilines is 1. The van der Waals surface area contributed by atoms with Crippen LogP contribution in [0.1, 0.15) is 6.92 Å². The predicted molar refractivity (Wildman–Crippen MR) is 62.6 cm³/mol. The minimum Gasteiger partial charge on any atom is -0.391 e. The normalized spacial score (nSPS) is 12.4. The van der Waals surface area contributed by atoms with Gasteiger partial charge in [0, 0.05) is 19.2 Å². The van der Waals surface area contributed by atoms with Gasteiger partial charge >= 0.3 is 0 Å². The molecule has 16 heavy (non-hydrogen) atoms. The Hall–Kier alpha value is -1.40. The van der Waals surface area contributed by atoms with E-state index in [0.717, 1.165) is 13.1 Å². The molecule has 0 saturated carbocycles. The fourth-order valence-electron chi connectivity index (χ4n) is 1.25. The average molecular weight is 226 g/mol. The number of hydrogen-bond donors (Lipinski definition) is 3. The summed E-state index contributed by atoms with van der Waals surface area (Å²) in [6, 6.07) is 1.48. The Morgan fingerprint density at radius 3 is 2.88 bits per heavy atom. The molecule has 0 radical (unpaired) electrons. The molecule has 0 bridgehead atoms. The lowest BCUT2D eigenvalue weighted by Gasteiger charge is -2.08. The SMILES string of the molecule is CNCCNc1cnn(CC(C)O)c(=O)c1. The molecule has 0 spiro atoms. The van der Waals surface area contributed by atoms with Crippen molar-refractivity contribution in [3.05, 3.63) is 22.6 Å². The first-order valence-corrected chi connectivity index (χ1v) is 5.27. The topological polar surface area (TPSA) is 79.2 Å². The number of rotatable bonds is 6. The molecule has 6 nitrogen and oxygen atoms in total. The van der Waals surface area contributed by atoms with Crippen molar-refractivity contribution in [2.45, 2.75) is 19.6 Å². The van der Waals surface area contributed by atoms with Gasteiger partial charge in [-0.05, 0) is 14.0 Å². The van der Waals surface area contributed by atoms with E-state index in [1.54, 1.807) is 13.1 Å².